The molecule has 0 saturated carbocycles. The van der Waals surface area contributed by atoms with Crippen molar-refractivity contribution in [3.63, 3.8) is 0 Å². The summed E-state index contributed by atoms with van der Waals surface area (Å²) in [6.07, 6.45) is 6.68. The lowest BCUT2D eigenvalue weighted by atomic mass is 9.87. The molecule has 2 aromatic rings. The number of sulfonamides is 1. The number of hydrogen-bond acceptors (Lipinski definition) is 4. The summed E-state index contributed by atoms with van der Waals surface area (Å²) in [6, 6.07) is 12.8. The highest BCUT2D eigenvalue weighted by Crippen LogP contribution is 2.32. The van der Waals surface area contributed by atoms with Gasteiger partial charge in [0.1, 0.15) is 10.6 Å². The van der Waals surface area contributed by atoms with Gasteiger partial charge in [0.25, 0.3) is 5.91 Å². The van der Waals surface area contributed by atoms with Gasteiger partial charge in [-0.25, -0.2) is 8.42 Å². The van der Waals surface area contributed by atoms with Crippen LogP contribution in [-0.2, 0) is 16.4 Å². The largest absolute Gasteiger partial charge is 0.495 e. The summed E-state index contributed by atoms with van der Waals surface area (Å²) < 4.78 is 33.6. The number of benzene rings is 2. The van der Waals surface area contributed by atoms with E-state index in [1.807, 2.05) is 12.1 Å². The molecule has 2 aliphatic rings. The van der Waals surface area contributed by atoms with E-state index in [9.17, 15) is 13.2 Å². The van der Waals surface area contributed by atoms with Gasteiger partial charge in [0.15, 0.2) is 0 Å². The van der Waals surface area contributed by atoms with E-state index in [0.29, 0.717) is 18.7 Å². The number of nitrogens with zero attached hydrogens (tertiary/aromatic N) is 1. The van der Waals surface area contributed by atoms with Crippen molar-refractivity contribution in [1.29, 1.82) is 0 Å². The minimum atomic E-state index is -3.74. The predicted octanol–water partition coefficient (Wildman–Crippen LogP) is 4.07. The Kier molecular flexibility index (Phi) is 6.62. The van der Waals surface area contributed by atoms with Crippen molar-refractivity contribution < 1.29 is 17.9 Å². The summed E-state index contributed by atoms with van der Waals surface area (Å²) in [5.41, 5.74) is 2.74. The Balaban J connectivity index is 1.61. The monoisotopic (exact) mass is 442 g/mol. The third kappa shape index (κ3) is 4.62. The number of fused-ring (bicyclic) bond motifs is 1. The van der Waals surface area contributed by atoms with E-state index < -0.39 is 10.0 Å². The predicted molar refractivity (Wildman–Crippen MR) is 120 cm³/mol. The summed E-state index contributed by atoms with van der Waals surface area (Å²) >= 11 is 0. The maximum absolute atomic E-state index is 13.4. The molecule has 1 N–H and O–H groups in total. The number of carbonyl (C=O) groups excluding carboxylic acids is 1. The first-order valence-corrected chi connectivity index (χ1v) is 12.5. The van der Waals surface area contributed by atoms with Crippen LogP contribution in [0, 0.1) is 0 Å². The van der Waals surface area contributed by atoms with Gasteiger partial charge >= 0.3 is 0 Å². The van der Waals surface area contributed by atoms with Crippen LogP contribution in [0.15, 0.2) is 47.4 Å². The van der Waals surface area contributed by atoms with E-state index in [1.54, 1.807) is 12.1 Å². The lowest BCUT2D eigenvalue weighted by Gasteiger charge is -2.26. The van der Waals surface area contributed by atoms with Crippen molar-refractivity contribution in [2.24, 2.45) is 0 Å². The number of methoxy groups -OCH3 is 1. The molecule has 166 valence electrons. The molecule has 1 saturated heterocycles. The van der Waals surface area contributed by atoms with Crippen LogP contribution in [0.5, 0.6) is 5.75 Å². The van der Waals surface area contributed by atoms with Crippen molar-refractivity contribution in [1.82, 2.24) is 9.62 Å². The second-order valence-corrected chi connectivity index (χ2v) is 10.2. The van der Waals surface area contributed by atoms with E-state index in [4.69, 9.17) is 4.74 Å². The smallest absolute Gasteiger partial charge is 0.251 e. The van der Waals surface area contributed by atoms with Gasteiger partial charge in [-0.1, -0.05) is 37.1 Å². The van der Waals surface area contributed by atoms with Crippen molar-refractivity contribution in [3.8, 4) is 5.75 Å². The van der Waals surface area contributed by atoms with Crippen LogP contribution >= 0.6 is 0 Å². The molecule has 0 bridgehead atoms. The van der Waals surface area contributed by atoms with Crippen molar-refractivity contribution in [2.75, 3.05) is 20.2 Å². The molecule has 0 aromatic heterocycles. The number of carbonyl (C=O) groups is 1. The molecule has 1 aliphatic carbocycles. The second-order valence-electron chi connectivity index (χ2n) is 8.30. The van der Waals surface area contributed by atoms with E-state index in [2.05, 4.69) is 17.4 Å². The van der Waals surface area contributed by atoms with Gasteiger partial charge in [-0.3, -0.25) is 4.79 Å². The summed E-state index contributed by atoms with van der Waals surface area (Å²) in [5.74, 6) is 0.000446. The summed E-state index contributed by atoms with van der Waals surface area (Å²) in [6.45, 7) is 1.00. The van der Waals surface area contributed by atoms with Gasteiger partial charge in [0.05, 0.1) is 13.2 Å². The molecular formula is C24H30N2O4S. The number of aryl methyl sites for hydroxylation is 1. The lowest BCUT2D eigenvalue weighted by Crippen LogP contribution is -2.33. The average molecular weight is 443 g/mol. The second kappa shape index (κ2) is 9.40. The van der Waals surface area contributed by atoms with Crippen LogP contribution in [0.3, 0.4) is 0 Å². The van der Waals surface area contributed by atoms with Gasteiger partial charge in [-0.2, -0.15) is 4.31 Å². The molecule has 1 amide bonds. The van der Waals surface area contributed by atoms with Gasteiger partial charge in [-0.05, 0) is 61.4 Å². The molecule has 4 rings (SSSR count). The van der Waals surface area contributed by atoms with Crippen LogP contribution in [-0.4, -0.2) is 38.8 Å². The van der Waals surface area contributed by atoms with Crippen molar-refractivity contribution in [2.45, 2.75) is 55.9 Å². The zero-order chi connectivity index (χ0) is 21.8. The zero-order valence-electron chi connectivity index (χ0n) is 18.0. The quantitative estimate of drug-likeness (QED) is 0.757. The first-order valence-electron chi connectivity index (χ1n) is 11.1. The molecule has 2 aromatic carbocycles. The minimum Gasteiger partial charge on any atom is -0.495 e. The SMILES string of the molecule is COc1ccc(C(=O)N[C@@H]2CCCc3ccccc32)cc1S(=O)(=O)N1CCCCCC1. The van der Waals surface area contributed by atoms with Gasteiger partial charge in [0, 0.05) is 18.7 Å². The zero-order valence-corrected chi connectivity index (χ0v) is 18.8. The highest BCUT2D eigenvalue weighted by atomic mass is 32.2. The normalized spacial score (nSPS) is 19.8. The Hall–Kier alpha value is -2.38. The molecule has 31 heavy (non-hydrogen) atoms. The van der Waals surface area contributed by atoms with E-state index in [0.717, 1.165) is 50.5 Å². The maximum atomic E-state index is 13.4. The topological polar surface area (TPSA) is 75.7 Å². The molecule has 1 fully saturated rings. The number of amides is 1. The Bertz CT molecular complexity index is 1040. The standard InChI is InChI=1S/C24H30N2O4S/c1-30-22-14-13-19(17-23(22)31(28,29)26-15-6-2-3-7-16-26)24(27)25-21-12-8-10-18-9-4-5-11-20(18)21/h4-5,9,11,13-14,17,21H,2-3,6-8,10,12,15-16H2,1H3,(H,25,27)/t21-/m1/s1. The molecule has 0 unspecified atom stereocenters. The molecular weight excluding hydrogens is 412 g/mol. The maximum Gasteiger partial charge on any atom is 0.251 e. The van der Waals surface area contributed by atoms with Crippen molar-refractivity contribution >= 4 is 15.9 Å². The number of ether oxygens (including phenoxy) is 1. The summed E-state index contributed by atoms with van der Waals surface area (Å²) in [4.78, 5) is 13.1. The molecule has 1 aliphatic heterocycles. The van der Waals surface area contributed by atoms with Crippen LogP contribution in [0.1, 0.15) is 66.1 Å². The van der Waals surface area contributed by atoms with Crippen LogP contribution in [0.25, 0.3) is 0 Å². The fourth-order valence-electron chi connectivity index (χ4n) is 4.59. The number of hydrogen-bond donors (Lipinski definition) is 1. The Morgan fingerprint density at radius 3 is 2.52 bits per heavy atom. The summed E-state index contributed by atoms with van der Waals surface area (Å²) in [5, 5.41) is 3.11. The van der Waals surface area contributed by atoms with Crippen LogP contribution in [0.2, 0.25) is 0 Å². The fraction of sp³-hybridized carbons (Fsp3) is 0.458. The molecule has 6 nitrogen and oxygen atoms in total. The van der Waals surface area contributed by atoms with Crippen LogP contribution < -0.4 is 10.1 Å². The highest BCUT2D eigenvalue weighted by Gasteiger charge is 2.30. The highest BCUT2D eigenvalue weighted by molar-refractivity contribution is 7.89. The van der Waals surface area contributed by atoms with Crippen LogP contribution in [0.4, 0.5) is 0 Å². The number of nitrogens with one attached hydrogen (secondary N) is 1. The third-order valence-corrected chi connectivity index (χ3v) is 8.20. The Morgan fingerprint density at radius 1 is 1.03 bits per heavy atom. The third-order valence-electron chi connectivity index (χ3n) is 6.28. The molecule has 7 heteroatoms. The minimum absolute atomic E-state index is 0.0635. The first-order chi connectivity index (χ1) is 15.0. The van der Waals surface area contributed by atoms with Gasteiger partial charge in [-0.15, -0.1) is 0 Å². The van der Waals surface area contributed by atoms with E-state index in [1.165, 1.54) is 23.0 Å². The fourth-order valence-corrected chi connectivity index (χ4v) is 6.28. The molecule has 0 spiro atoms. The van der Waals surface area contributed by atoms with Gasteiger partial charge < -0.3 is 10.1 Å². The Labute approximate surface area is 184 Å². The van der Waals surface area contributed by atoms with E-state index >= 15 is 0 Å². The lowest BCUT2D eigenvalue weighted by molar-refractivity contribution is 0.0932. The van der Waals surface area contributed by atoms with E-state index in [-0.39, 0.29) is 22.6 Å². The average Bonchev–Trinajstić information content (AvgIpc) is 3.09. The molecule has 1 atom stereocenters. The van der Waals surface area contributed by atoms with Gasteiger partial charge in [0.2, 0.25) is 10.0 Å². The number of rotatable bonds is 5. The summed E-state index contributed by atoms with van der Waals surface area (Å²) in [7, 11) is -2.28. The Morgan fingerprint density at radius 2 is 1.77 bits per heavy atom. The first kappa shape index (κ1) is 21.8. The molecule has 1 heterocycles. The van der Waals surface area contributed by atoms with Crippen molar-refractivity contribution in [3.05, 3.63) is 59.2 Å². The molecule has 0 radical (unpaired) electrons.